The normalized spacial score (nSPS) is 11.8. The molecule has 5 nitrogen and oxygen atoms in total. The smallest absolute Gasteiger partial charge is 0.164 e. The van der Waals surface area contributed by atoms with E-state index in [0.29, 0.717) is 17.5 Å². The lowest BCUT2D eigenvalue weighted by atomic mass is 9.99. The molecule has 11 aromatic rings. The van der Waals surface area contributed by atoms with Crippen molar-refractivity contribution < 1.29 is 4.42 Å². The number of rotatable bonds is 4. The van der Waals surface area contributed by atoms with Crippen LogP contribution in [0.4, 0.5) is 0 Å². The van der Waals surface area contributed by atoms with Crippen LogP contribution < -0.4 is 0 Å². The highest BCUT2D eigenvalue weighted by molar-refractivity contribution is 6.23. The molecule has 0 atom stereocenters. The summed E-state index contributed by atoms with van der Waals surface area (Å²) in [6.07, 6.45) is 0. The van der Waals surface area contributed by atoms with E-state index in [9.17, 15) is 0 Å². The van der Waals surface area contributed by atoms with Crippen molar-refractivity contribution in [2.75, 3.05) is 0 Å². The molecule has 242 valence electrons. The standard InChI is InChI=1S/C47H28N4O/c1-3-15-30(16-4-1)45-48-46(31-17-5-2-6-18-31)50-47(49-45)38-28-37-35-23-13-25-41(44(35)52-43(37)34-21-10-9-20-33(34)38)51-39-24-12-11-22-36(39)42-32-19-8-7-14-29(32)26-27-40(42)51/h1-28H. The molecule has 0 aliphatic heterocycles. The molecule has 5 heteroatoms. The van der Waals surface area contributed by atoms with Gasteiger partial charge >= 0.3 is 0 Å². The third-order valence-corrected chi connectivity index (χ3v) is 10.2. The van der Waals surface area contributed by atoms with Gasteiger partial charge in [-0.05, 0) is 40.4 Å². The third-order valence-electron chi connectivity index (χ3n) is 10.2. The number of benzene rings is 8. The lowest BCUT2D eigenvalue weighted by Crippen LogP contribution is -2.00. The van der Waals surface area contributed by atoms with Crippen LogP contribution in [0.2, 0.25) is 0 Å². The summed E-state index contributed by atoms with van der Waals surface area (Å²) in [5.41, 5.74) is 7.76. The number of aromatic nitrogens is 4. The van der Waals surface area contributed by atoms with Gasteiger partial charge in [-0.15, -0.1) is 0 Å². The average Bonchev–Trinajstić information content (AvgIpc) is 3.77. The molecule has 0 saturated heterocycles. The highest BCUT2D eigenvalue weighted by Crippen LogP contribution is 2.43. The maximum atomic E-state index is 7.01. The minimum absolute atomic E-state index is 0.616. The summed E-state index contributed by atoms with van der Waals surface area (Å²) in [6, 6.07) is 59.0. The monoisotopic (exact) mass is 664 g/mol. The number of nitrogens with zero attached hydrogens (tertiary/aromatic N) is 4. The summed E-state index contributed by atoms with van der Waals surface area (Å²) in [4.78, 5) is 15.2. The first-order chi connectivity index (χ1) is 25.8. The maximum Gasteiger partial charge on any atom is 0.164 e. The highest BCUT2D eigenvalue weighted by atomic mass is 16.3. The van der Waals surface area contributed by atoms with E-state index in [1.807, 2.05) is 60.7 Å². The van der Waals surface area contributed by atoms with E-state index < -0.39 is 0 Å². The molecule has 52 heavy (non-hydrogen) atoms. The van der Waals surface area contributed by atoms with Gasteiger partial charge in [-0.3, -0.25) is 0 Å². The first kappa shape index (κ1) is 28.7. The fraction of sp³-hybridized carbons (Fsp3) is 0. The van der Waals surface area contributed by atoms with Crippen molar-refractivity contribution in [1.82, 2.24) is 19.5 Å². The van der Waals surface area contributed by atoms with Crippen LogP contribution >= 0.6 is 0 Å². The Morgan fingerprint density at radius 1 is 0.385 bits per heavy atom. The van der Waals surface area contributed by atoms with Crippen LogP contribution in [0, 0.1) is 0 Å². The Hall–Kier alpha value is -7.11. The van der Waals surface area contributed by atoms with Crippen LogP contribution in [0.25, 0.3) is 105 Å². The number of furan rings is 1. The van der Waals surface area contributed by atoms with Crippen molar-refractivity contribution in [3.05, 3.63) is 170 Å². The minimum atomic E-state index is 0.616. The molecule has 0 aliphatic rings. The van der Waals surface area contributed by atoms with E-state index >= 15 is 0 Å². The molecule has 0 N–H and O–H groups in total. The predicted octanol–water partition coefficient (Wildman–Crippen LogP) is 12.2. The first-order valence-corrected chi connectivity index (χ1v) is 17.5. The molecule has 0 spiro atoms. The Bertz CT molecular complexity index is 3120. The van der Waals surface area contributed by atoms with E-state index in [-0.39, 0.29) is 0 Å². The van der Waals surface area contributed by atoms with Gasteiger partial charge < -0.3 is 8.98 Å². The summed E-state index contributed by atoms with van der Waals surface area (Å²) in [7, 11) is 0. The van der Waals surface area contributed by atoms with E-state index in [1.165, 1.54) is 21.5 Å². The molecule has 8 aromatic carbocycles. The second-order valence-corrected chi connectivity index (χ2v) is 13.2. The van der Waals surface area contributed by atoms with Gasteiger partial charge in [0.1, 0.15) is 5.58 Å². The third kappa shape index (κ3) is 4.26. The molecule has 0 unspecified atom stereocenters. The zero-order valence-corrected chi connectivity index (χ0v) is 27.9. The van der Waals surface area contributed by atoms with Gasteiger partial charge in [0.15, 0.2) is 23.1 Å². The summed E-state index contributed by atoms with van der Waals surface area (Å²) in [6.45, 7) is 0. The fourth-order valence-corrected chi connectivity index (χ4v) is 7.89. The average molecular weight is 665 g/mol. The molecule has 0 radical (unpaired) electrons. The summed E-state index contributed by atoms with van der Waals surface area (Å²) < 4.78 is 9.37. The molecule has 0 bridgehead atoms. The molecular weight excluding hydrogens is 637 g/mol. The second-order valence-electron chi connectivity index (χ2n) is 13.2. The Labute approximate surface area is 298 Å². The quantitative estimate of drug-likeness (QED) is 0.188. The van der Waals surface area contributed by atoms with Crippen molar-refractivity contribution in [3.63, 3.8) is 0 Å². The Morgan fingerprint density at radius 2 is 0.962 bits per heavy atom. The molecule has 3 heterocycles. The van der Waals surface area contributed by atoms with Crippen LogP contribution in [0.1, 0.15) is 0 Å². The minimum Gasteiger partial charge on any atom is -0.453 e. The van der Waals surface area contributed by atoms with E-state index in [2.05, 4.69) is 114 Å². The van der Waals surface area contributed by atoms with Gasteiger partial charge in [0, 0.05) is 43.6 Å². The Morgan fingerprint density at radius 3 is 1.71 bits per heavy atom. The largest absolute Gasteiger partial charge is 0.453 e. The van der Waals surface area contributed by atoms with Crippen molar-refractivity contribution in [2.45, 2.75) is 0 Å². The lowest BCUT2D eigenvalue weighted by molar-refractivity contribution is 0.670. The Balaban J connectivity index is 1.21. The Kier molecular flexibility index (Phi) is 6.18. The van der Waals surface area contributed by atoms with Crippen LogP contribution in [-0.4, -0.2) is 19.5 Å². The highest BCUT2D eigenvalue weighted by Gasteiger charge is 2.22. The fourth-order valence-electron chi connectivity index (χ4n) is 7.89. The van der Waals surface area contributed by atoms with Crippen LogP contribution in [0.5, 0.6) is 0 Å². The van der Waals surface area contributed by atoms with Gasteiger partial charge in [-0.2, -0.15) is 0 Å². The molecule has 3 aromatic heterocycles. The van der Waals surface area contributed by atoms with Crippen LogP contribution in [0.3, 0.4) is 0 Å². The van der Waals surface area contributed by atoms with Crippen LogP contribution in [0.15, 0.2) is 174 Å². The van der Waals surface area contributed by atoms with Gasteiger partial charge in [0.25, 0.3) is 0 Å². The zero-order chi connectivity index (χ0) is 34.2. The maximum absolute atomic E-state index is 7.01. The van der Waals surface area contributed by atoms with Crippen molar-refractivity contribution in [1.29, 1.82) is 0 Å². The van der Waals surface area contributed by atoms with E-state index in [0.717, 1.165) is 66.1 Å². The topological polar surface area (TPSA) is 56.7 Å². The summed E-state index contributed by atoms with van der Waals surface area (Å²) >= 11 is 0. The summed E-state index contributed by atoms with van der Waals surface area (Å²) in [5, 5.41) is 9.00. The molecule has 0 saturated carbocycles. The first-order valence-electron chi connectivity index (χ1n) is 17.5. The number of fused-ring (bicyclic) bond motifs is 10. The van der Waals surface area contributed by atoms with Gasteiger partial charge in [0.2, 0.25) is 0 Å². The second kappa shape index (κ2) is 11.2. The molecule has 0 amide bonds. The van der Waals surface area contributed by atoms with Gasteiger partial charge in [-0.25, -0.2) is 15.0 Å². The van der Waals surface area contributed by atoms with E-state index in [1.54, 1.807) is 0 Å². The molecule has 11 rings (SSSR count). The lowest BCUT2D eigenvalue weighted by Gasteiger charge is -2.11. The van der Waals surface area contributed by atoms with Crippen molar-refractivity contribution in [2.24, 2.45) is 0 Å². The van der Waals surface area contributed by atoms with E-state index in [4.69, 9.17) is 19.4 Å². The van der Waals surface area contributed by atoms with Gasteiger partial charge in [-0.1, -0.05) is 146 Å². The SMILES string of the molecule is c1ccc(-c2nc(-c3ccccc3)nc(-c3cc4c5cccc(-n6c7ccccc7c7c8ccccc8ccc76)c5oc4c4ccccc34)n2)cc1. The van der Waals surface area contributed by atoms with Crippen molar-refractivity contribution >= 4 is 65.3 Å². The molecule has 0 aliphatic carbocycles. The number of para-hydroxylation sites is 2. The predicted molar refractivity (Wildman–Crippen MR) is 213 cm³/mol. The molecule has 0 fully saturated rings. The van der Waals surface area contributed by atoms with Crippen LogP contribution in [-0.2, 0) is 0 Å². The van der Waals surface area contributed by atoms with Crippen molar-refractivity contribution in [3.8, 4) is 39.9 Å². The number of hydrogen-bond donors (Lipinski definition) is 0. The van der Waals surface area contributed by atoms with Gasteiger partial charge in [0.05, 0.1) is 16.7 Å². The number of hydrogen-bond acceptors (Lipinski definition) is 4. The zero-order valence-electron chi connectivity index (χ0n) is 27.9. The summed E-state index contributed by atoms with van der Waals surface area (Å²) in [5.74, 6) is 1.88. The molecular formula is C47H28N4O.